The van der Waals surface area contributed by atoms with E-state index < -0.39 is 5.91 Å². The number of hydrogen-bond donors (Lipinski definition) is 2. The number of carbonyl (C=O) groups is 1. The highest BCUT2D eigenvalue weighted by atomic mass is 16.1. The van der Waals surface area contributed by atoms with Crippen LogP contribution in [0.2, 0.25) is 0 Å². The summed E-state index contributed by atoms with van der Waals surface area (Å²) in [6, 6.07) is 3.57. The lowest BCUT2D eigenvalue weighted by molar-refractivity contribution is -0.116. The highest BCUT2D eigenvalue weighted by Crippen LogP contribution is 2.19. The Kier molecular flexibility index (Phi) is 4.93. The van der Waals surface area contributed by atoms with Crippen LogP contribution in [0.25, 0.3) is 0 Å². The largest absolute Gasteiger partial charge is 0.397 e. The van der Waals surface area contributed by atoms with Crippen LogP contribution in [0.1, 0.15) is 25.3 Å². The van der Waals surface area contributed by atoms with Crippen molar-refractivity contribution in [3.8, 4) is 6.07 Å². The Hall–Kier alpha value is -2.29. The van der Waals surface area contributed by atoms with Gasteiger partial charge in [0.2, 0.25) is 5.91 Å². The summed E-state index contributed by atoms with van der Waals surface area (Å²) in [4.78, 5) is 16.9. The predicted octanol–water partition coefficient (Wildman–Crippen LogP) is 0.627. The van der Waals surface area contributed by atoms with Crippen LogP contribution in [0.3, 0.4) is 0 Å². The number of nitrogens with two attached hydrogens (primary N) is 2. The van der Waals surface area contributed by atoms with Crippen LogP contribution in [0.15, 0.2) is 12.3 Å². The zero-order valence-electron chi connectivity index (χ0n) is 10.4. The van der Waals surface area contributed by atoms with Crippen LogP contribution in [-0.4, -0.2) is 24.0 Å². The minimum absolute atomic E-state index is 0.0472. The van der Waals surface area contributed by atoms with Gasteiger partial charge >= 0.3 is 0 Å². The first kappa shape index (κ1) is 13.8. The topological polar surface area (TPSA) is 109 Å². The molecule has 6 heteroatoms. The van der Waals surface area contributed by atoms with Gasteiger partial charge in [0.15, 0.2) is 0 Å². The molecule has 0 atom stereocenters. The molecule has 1 aromatic rings. The van der Waals surface area contributed by atoms with Crippen molar-refractivity contribution in [3.05, 3.63) is 17.8 Å². The molecule has 0 spiro atoms. The summed E-state index contributed by atoms with van der Waals surface area (Å²) in [6.07, 6.45) is 3.34. The number of nitrogens with zero attached hydrogens (tertiary/aromatic N) is 3. The maximum atomic E-state index is 11.1. The smallest absolute Gasteiger partial charge is 0.236 e. The molecule has 96 valence electrons. The number of amides is 1. The van der Waals surface area contributed by atoms with Gasteiger partial charge < -0.3 is 16.4 Å². The number of anilines is 2. The van der Waals surface area contributed by atoms with Gasteiger partial charge in [0, 0.05) is 6.54 Å². The van der Waals surface area contributed by atoms with Gasteiger partial charge in [-0.05, 0) is 12.5 Å². The van der Waals surface area contributed by atoms with E-state index in [0.29, 0.717) is 23.6 Å². The molecule has 0 aliphatic carbocycles. The third kappa shape index (κ3) is 3.63. The standard InChI is InChI=1S/C12H17N5O/c1-2-3-4-17(8-11(15)18)12-9(6-13)5-10(14)7-16-12/h5,7H,2-4,8,14H2,1H3,(H2,15,18). The summed E-state index contributed by atoms with van der Waals surface area (Å²) in [6.45, 7) is 2.72. The molecule has 1 heterocycles. The zero-order valence-corrected chi connectivity index (χ0v) is 10.4. The molecular weight excluding hydrogens is 230 g/mol. The summed E-state index contributed by atoms with van der Waals surface area (Å²) < 4.78 is 0. The van der Waals surface area contributed by atoms with Gasteiger partial charge in [-0.3, -0.25) is 4.79 Å². The van der Waals surface area contributed by atoms with E-state index in [1.165, 1.54) is 6.20 Å². The quantitative estimate of drug-likeness (QED) is 0.766. The number of hydrogen-bond acceptors (Lipinski definition) is 5. The molecule has 1 aromatic heterocycles. The molecule has 0 saturated heterocycles. The first-order valence-corrected chi connectivity index (χ1v) is 5.77. The van der Waals surface area contributed by atoms with Gasteiger partial charge in [0.05, 0.1) is 24.0 Å². The number of unbranched alkanes of at least 4 members (excludes halogenated alkanes) is 1. The first-order valence-electron chi connectivity index (χ1n) is 5.77. The van der Waals surface area contributed by atoms with Crippen molar-refractivity contribution in [3.63, 3.8) is 0 Å². The van der Waals surface area contributed by atoms with E-state index >= 15 is 0 Å². The average molecular weight is 247 g/mol. The van der Waals surface area contributed by atoms with Crippen molar-refractivity contribution < 1.29 is 4.79 Å². The van der Waals surface area contributed by atoms with Crippen molar-refractivity contribution in [2.24, 2.45) is 5.73 Å². The monoisotopic (exact) mass is 247 g/mol. The molecule has 1 rings (SSSR count). The Morgan fingerprint density at radius 2 is 2.33 bits per heavy atom. The number of nitriles is 1. The Morgan fingerprint density at radius 1 is 1.61 bits per heavy atom. The molecule has 0 fully saturated rings. The molecule has 6 nitrogen and oxygen atoms in total. The predicted molar refractivity (Wildman–Crippen MR) is 69.7 cm³/mol. The van der Waals surface area contributed by atoms with Crippen LogP contribution in [0, 0.1) is 11.3 Å². The van der Waals surface area contributed by atoms with Crippen molar-refractivity contribution in [1.29, 1.82) is 5.26 Å². The molecule has 0 aromatic carbocycles. The number of nitrogen functional groups attached to an aromatic ring is 1. The molecule has 18 heavy (non-hydrogen) atoms. The average Bonchev–Trinajstić information content (AvgIpc) is 2.34. The summed E-state index contributed by atoms with van der Waals surface area (Å²) in [7, 11) is 0. The van der Waals surface area contributed by atoms with Gasteiger partial charge in [-0.2, -0.15) is 5.26 Å². The van der Waals surface area contributed by atoms with Crippen LogP contribution < -0.4 is 16.4 Å². The Bertz CT molecular complexity index is 466. The number of pyridine rings is 1. The van der Waals surface area contributed by atoms with Gasteiger partial charge in [-0.1, -0.05) is 13.3 Å². The highest BCUT2D eigenvalue weighted by molar-refractivity contribution is 5.79. The highest BCUT2D eigenvalue weighted by Gasteiger charge is 2.14. The van der Waals surface area contributed by atoms with Gasteiger partial charge in [-0.15, -0.1) is 0 Å². The maximum Gasteiger partial charge on any atom is 0.236 e. The van der Waals surface area contributed by atoms with E-state index in [4.69, 9.17) is 16.7 Å². The second kappa shape index (κ2) is 6.45. The molecule has 0 bridgehead atoms. The van der Waals surface area contributed by atoms with E-state index in [1.54, 1.807) is 11.0 Å². The summed E-state index contributed by atoms with van der Waals surface area (Å²) in [5.74, 6) is 0.00701. The summed E-state index contributed by atoms with van der Waals surface area (Å²) in [5.41, 5.74) is 11.6. The van der Waals surface area contributed by atoms with Crippen molar-refractivity contribution in [2.75, 3.05) is 23.7 Å². The molecular formula is C12H17N5O. The maximum absolute atomic E-state index is 11.1. The van der Waals surface area contributed by atoms with E-state index in [0.717, 1.165) is 12.8 Å². The Morgan fingerprint density at radius 3 is 2.89 bits per heavy atom. The fourth-order valence-electron chi connectivity index (χ4n) is 1.60. The Labute approximate surface area is 106 Å². The van der Waals surface area contributed by atoms with Crippen LogP contribution >= 0.6 is 0 Å². The fourth-order valence-corrected chi connectivity index (χ4v) is 1.60. The van der Waals surface area contributed by atoms with Crippen molar-refractivity contribution >= 4 is 17.4 Å². The van der Waals surface area contributed by atoms with Crippen molar-refractivity contribution in [2.45, 2.75) is 19.8 Å². The molecule has 0 saturated carbocycles. The van der Waals surface area contributed by atoms with E-state index in [-0.39, 0.29) is 6.54 Å². The molecule has 0 aliphatic heterocycles. The lowest BCUT2D eigenvalue weighted by Gasteiger charge is -2.22. The number of aromatic nitrogens is 1. The molecule has 1 amide bonds. The third-order valence-corrected chi connectivity index (χ3v) is 2.44. The molecule has 0 unspecified atom stereocenters. The van der Waals surface area contributed by atoms with Crippen molar-refractivity contribution in [1.82, 2.24) is 4.98 Å². The minimum atomic E-state index is -0.450. The molecule has 0 aliphatic rings. The lowest BCUT2D eigenvalue weighted by atomic mass is 10.2. The fraction of sp³-hybridized carbons (Fsp3) is 0.417. The summed E-state index contributed by atoms with van der Waals surface area (Å²) in [5, 5.41) is 9.06. The van der Waals surface area contributed by atoms with E-state index in [9.17, 15) is 4.79 Å². The second-order valence-electron chi connectivity index (χ2n) is 3.99. The summed E-state index contributed by atoms with van der Waals surface area (Å²) >= 11 is 0. The third-order valence-electron chi connectivity index (χ3n) is 2.44. The molecule has 0 radical (unpaired) electrons. The SMILES string of the molecule is CCCCN(CC(N)=O)c1ncc(N)cc1C#N. The minimum Gasteiger partial charge on any atom is -0.397 e. The lowest BCUT2D eigenvalue weighted by Crippen LogP contribution is -2.35. The van der Waals surface area contributed by atoms with Gasteiger partial charge in [0.25, 0.3) is 0 Å². The van der Waals surface area contributed by atoms with E-state index in [1.807, 2.05) is 13.0 Å². The van der Waals surface area contributed by atoms with Crippen LogP contribution in [-0.2, 0) is 4.79 Å². The second-order valence-corrected chi connectivity index (χ2v) is 3.99. The molecule has 4 N–H and O–H groups in total. The zero-order chi connectivity index (χ0) is 13.5. The Balaban J connectivity index is 3.03. The van der Waals surface area contributed by atoms with Gasteiger partial charge in [-0.25, -0.2) is 4.98 Å². The normalized spacial score (nSPS) is 9.78. The van der Waals surface area contributed by atoms with Crippen LogP contribution in [0.4, 0.5) is 11.5 Å². The first-order chi connectivity index (χ1) is 8.58. The number of primary amides is 1. The van der Waals surface area contributed by atoms with Gasteiger partial charge in [0.1, 0.15) is 11.9 Å². The number of rotatable bonds is 6. The van der Waals surface area contributed by atoms with Crippen LogP contribution in [0.5, 0.6) is 0 Å². The number of carbonyl (C=O) groups excluding carboxylic acids is 1. The van der Waals surface area contributed by atoms with E-state index in [2.05, 4.69) is 4.98 Å².